The molecule has 0 saturated carbocycles. The lowest BCUT2D eigenvalue weighted by atomic mass is 10.0. The lowest BCUT2D eigenvalue weighted by Gasteiger charge is -2.07. The van der Waals surface area contributed by atoms with Crippen LogP contribution >= 0.6 is 0 Å². The van der Waals surface area contributed by atoms with E-state index in [0.29, 0.717) is 0 Å². The second kappa shape index (κ2) is 4.26. The van der Waals surface area contributed by atoms with Crippen molar-refractivity contribution >= 4 is 38.6 Å². The Morgan fingerprint density at radius 2 is 1.70 bits per heavy atom. The molecule has 0 bridgehead atoms. The van der Waals surface area contributed by atoms with E-state index in [0.717, 1.165) is 22.5 Å². The lowest BCUT2D eigenvalue weighted by molar-refractivity contribution is -0.619. The quantitative estimate of drug-likeness (QED) is 0.325. The lowest BCUT2D eigenvalue weighted by Crippen LogP contribution is -2.28. The Labute approximate surface area is 132 Å². The second-order valence-corrected chi connectivity index (χ2v) is 5.94. The van der Waals surface area contributed by atoms with Gasteiger partial charge in [-0.3, -0.25) is 0 Å². The van der Waals surface area contributed by atoms with Gasteiger partial charge in [0.25, 0.3) is 5.65 Å². The average Bonchev–Trinajstić information content (AvgIpc) is 2.89. The maximum Gasteiger partial charge on any atom is 0.322 e. The van der Waals surface area contributed by atoms with Crippen LogP contribution in [0.3, 0.4) is 0 Å². The van der Waals surface area contributed by atoms with E-state index in [9.17, 15) is 0 Å². The molecule has 110 valence electrons. The molecule has 0 amide bonds. The van der Waals surface area contributed by atoms with Gasteiger partial charge in [-0.1, -0.05) is 36.4 Å². The number of pyridine rings is 1. The van der Waals surface area contributed by atoms with Gasteiger partial charge in [-0.2, -0.15) is 0 Å². The summed E-state index contributed by atoms with van der Waals surface area (Å²) in [5, 5.41) is 3.77. The van der Waals surface area contributed by atoms with E-state index >= 15 is 0 Å². The summed E-state index contributed by atoms with van der Waals surface area (Å²) in [5.41, 5.74) is 5.35. The van der Waals surface area contributed by atoms with Gasteiger partial charge in [-0.05, 0) is 23.9 Å². The van der Waals surface area contributed by atoms with Crippen LogP contribution in [-0.4, -0.2) is 14.4 Å². The standard InChI is InChI=1S/C19H15N4/c1-12-6-5-8-14-13-7-3-4-9-15(13)23-18-17(20-10-11-21-18)22(2)19(23)16(12)14/h3-11H,1-2H3/q+1. The number of rotatable bonds is 0. The minimum atomic E-state index is 0.895. The van der Waals surface area contributed by atoms with E-state index in [4.69, 9.17) is 0 Å². The van der Waals surface area contributed by atoms with Crippen molar-refractivity contribution < 1.29 is 4.57 Å². The molecule has 0 aliphatic carbocycles. The van der Waals surface area contributed by atoms with Gasteiger partial charge in [-0.15, -0.1) is 4.98 Å². The molecule has 0 radical (unpaired) electrons. The van der Waals surface area contributed by atoms with E-state index in [1.54, 1.807) is 12.4 Å². The van der Waals surface area contributed by atoms with Crippen LogP contribution in [0.4, 0.5) is 0 Å². The molecule has 3 aromatic heterocycles. The molecule has 0 unspecified atom stereocenters. The molecule has 0 N–H and O–H groups in total. The van der Waals surface area contributed by atoms with E-state index in [1.807, 2.05) is 0 Å². The third kappa shape index (κ3) is 1.47. The Balaban J connectivity index is 2.30. The summed E-state index contributed by atoms with van der Waals surface area (Å²) < 4.78 is 4.37. The fourth-order valence-electron chi connectivity index (χ4n) is 3.66. The van der Waals surface area contributed by atoms with Gasteiger partial charge < -0.3 is 0 Å². The zero-order valence-corrected chi connectivity index (χ0v) is 13.0. The molecule has 0 atom stereocenters. The number of hydrogen-bond acceptors (Lipinski definition) is 2. The minimum Gasteiger partial charge on any atom is -0.227 e. The van der Waals surface area contributed by atoms with Gasteiger partial charge in [0.05, 0.1) is 18.6 Å². The first-order valence-electron chi connectivity index (χ1n) is 7.68. The Morgan fingerprint density at radius 1 is 0.913 bits per heavy atom. The number of aryl methyl sites for hydroxylation is 2. The smallest absolute Gasteiger partial charge is 0.227 e. The largest absolute Gasteiger partial charge is 0.322 e. The molecular formula is C19H15N4+. The molecule has 0 spiro atoms. The highest BCUT2D eigenvalue weighted by atomic mass is 15.2. The van der Waals surface area contributed by atoms with Crippen molar-refractivity contribution in [3.8, 4) is 0 Å². The first-order chi connectivity index (χ1) is 11.3. The molecule has 0 aliphatic rings. The minimum absolute atomic E-state index is 0.895. The topological polar surface area (TPSA) is 34.1 Å². The second-order valence-electron chi connectivity index (χ2n) is 5.94. The summed E-state index contributed by atoms with van der Waals surface area (Å²) in [6, 6.07) is 15.0. The summed E-state index contributed by atoms with van der Waals surface area (Å²) >= 11 is 0. The zero-order valence-electron chi connectivity index (χ0n) is 13.0. The predicted octanol–water partition coefficient (Wildman–Crippen LogP) is 3.32. The van der Waals surface area contributed by atoms with E-state index in [2.05, 4.69) is 75.4 Å². The number of para-hydroxylation sites is 1. The monoisotopic (exact) mass is 299 g/mol. The molecule has 3 heterocycles. The molecule has 0 saturated heterocycles. The molecule has 2 aromatic carbocycles. The third-order valence-electron chi connectivity index (χ3n) is 4.65. The van der Waals surface area contributed by atoms with Crippen LogP contribution in [0.5, 0.6) is 0 Å². The van der Waals surface area contributed by atoms with Gasteiger partial charge in [0, 0.05) is 5.39 Å². The Morgan fingerprint density at radius 3 is 2.61 bits per heavy atom. The molecule has 4 heteroatoms. The summed E-state index contributed by atoms with van der Waals surface area (Å²) in [6.45, 7) is 2.16. The van der Waals surface area contributed by atoms with Crippen molar-refractivity contribution in [1.82, 2.24) is 14.4 Å². The number of fused-ring (bicyclic) bond motifs is 8. The molecular weight excluding hydrogens is 284 g/mol. The van der Waals surface area contributed by atoms with E-state index < -0.39 is 0 Å². The Hall–Kier alpha value is -3.01. The Bertz CT molecular complexity index is 1230. The number of hydrogen-bond donors (Lipinski definition) is 0. The summed E-state index contributed by atoms with van der Waals surface area (Å²) in [6.07, 6.45) is 3.50. The van der Waals surface area contributed by atoms with Crippen LogP contribution in [0, 0.1) is 6.92 Å². The predicted molar refractivity (Wildman–Crippen MR) is 91.4 cm³/mol. The van der Waals surface area contributed by atoms with Gasteiger partial charge in [-0.25, -0.2) is 14.0 Å². The van der Waals surface area contributed by atoms with Crippen LogP contribution in [0.25, 0.3) is 38.6 Å². The molecule has 5 rings (SSSR count). The highest BCUT2D eigenvalue weighted by Crippen LogP contribution is 2.31. The van der Waals surface area contributed by atoms with Crippen molar-refractivity contribution in [3.05, 3.63) is 60.4 Å². The SMILES string of the molecule is Cc1cccc2c3ccccc3n3c4nccnc4[n+](C)c3c12. The molecule has 0 fully saturated rings. The zero-order chi connectivity index (χ0) is 15.6. The first-order valence-corrected chi connectivity index (χ1v) is 7.68. The van der Waals surface area contributed by atoms with Gasteiger partial charge in [0.2, 0.25) is 5.65 Å². The normalized spacial score (nSPS) is 11.9. The molecule has 0 aliphatic heterocycles. The van der Waals surface area contributed by atoms with E-state index in [-0.39, 0.29) is 0 Å². The van der Waals surface area contributed by atoms with Crippen LogP contribution < -0.4 is 4.57 Å². The van der Waals surface area contributed by atoms with Crippen molar-refractivity contribution in [2.24, 2.45) is 7.05 Å². The molecule has 23 heavy (non-hydrogen) atoms. The highest BCUT2D eigenvalue weighted by Gasteiger charge is 2.23. The van der Waals surface area contributed by atoms with Crippen LogP contribution in [-0.2, 0) is 7.05 Å². The van der Waals surface area contributed by atoms with Gasteiger partial charge in [0.1, 0.15) is 11.7 Å². The summed E-state index contributed by atoms with van der Waals surface area (Å²) in [7, 11) is 2.06. The summed E-state index contributed by atoms with van der Waals surface area (Å²) in [4.78, 5) is 9.14. The first kappa shape index (κ1) is 12.5. The molecule has 4 nitrogen and oxygen atoms in total. The van der Waals surface area contributed by atoms with Gasteiger partial charge in [0.15, 0.2) is 0 Å². The molecule has 5 aromatic rings. The Kier molecular flexibility index (Phi) is 2.32. The summed E-state index contributed by atoms with van der Waals surface area (Å²) in [5.74, 6) is 0. The van der Waals surface area contributed by atoms with Crippen molar-refractivity contribution in [2.75, 3.05) is 0 Å². The maximum absolute atomic E-state index is 4.60. The number of benzene rings is 2. The van der Waals surface area contributed by atoms with Crippen molar-refractivity contribution in [3.63, 3.8) is 0 Å². The highest BCUT2D eigenvalue weighted by molar-refractivity contribution is 6.13. The number of imidazole rings is 1. The third-order valence-corrected chi connectivity index (χ3v) is 4.65. The van der Waals surface area contributed by atoms with Crippen LogP contribution in [0.15, 0.2) is 54.9 Å². The van der Waals surface area contributed by atoms with Crippen LogP contribution in [0.1, 0.15) is 5.56 Å². The number of nitrogens with zero attached hydrogens (tertiary/aromatic N) is 4. The average molecular weight is 299 g/mol. The van der Waals surface area contributed by atoms with E-state index in [1.165, 1.54) is 21.7 Å². The fraction of sp³-hybridized carbons (Fsp3) is 0.105. The van der Waals surface area contributed by atoms with Crippen molar-refractivity contribution in [1.29, 1.82) is 0 Å². The van der Waals surface area contributed by atoms with Gasteiger partial charge >= 0.3 is 5.65 Å². The maximum atomic E-state index is 4.60. The van der Waals surface area contributed by atoms with Crippen LogP contribution in [0.2, 0.25) is 0 Å². The van der Waals surface area contributed by atoms with Crippen molar-refractivity contribution in [2.45, 2.75) is 6.92 Å². The fourth-order valence-corrected chi connectivity index (χ4v) is 3.66. The number of aromatic nitrogens is 4.